The van der Waals surface area contributed by atoms with Gasteiger partial charge in [0.1, 0.15) is 12.6 Å². The molecule has 1 fully saturated rings. The molecular weight excluding hydrogens is 605 g/mol. The average molecular weight is 645 g/mol. The Morgan fingerprint density at radius 1 is 0.953 bits per heavy atom. The van der Waals surface area contributed by atoms with Crippen LogP contribution >= 0.6 is 23.2 Å². The highest BCUT2D eigenvalue weighted by atomic mass is 35.5. The quantitative estimate of drug-likeness (QED) is 0.241. The first-order chi connectivity index (χ1) is 20.4. The maximum atomic E-state index is 14.4. The van der Waals surface area contributed by atoms with Crippen molar-refractivity contribution in [3.63, 3.8) is 0 Å². The highest BCUT2D eigenvalue weighted by molar-refractivity contribution is 7.92. The average Bonchev–Trinajstić information content (AvgIpc) is 3.47. The number of benzene rings is 3. The molecule has 3 aromatic rings. The number of halogens is 2. The van der Waals surface area contributed by atoms with E-state index in [1.54, 1.807) is 30.3 Å². The first kappa shape index (κ1) is 32.8. The summed E-state index contributed by atoms with van der Waals surface area (Å²) in [5.74, 6) is -0.775. The predicted octanol–water partition coefficient (Wildman–Crippen LogP) is 6.58. The van der Waals surface area contributed by atoms with E-state index in [1.165, 1.54) is 4.90 Å². The second-order valence-electron chi connectivity index (χ2n) is 11.4. The van der Waals surface area contributed by atoms with Crippen LogP contribution in [0.5, 0.6) is 0 Å². The van der Waals surface area contributed by atoms with Crippen molar-refractivity contribution < 1.29 is 18.0 Å². The molecule has 0 bridgehead atoms. The summed E-state index contributed by atoms with van der Waals surface area (Å²) in [6.07, 6.45) is 5.18. The maximum Gasteiger partial charge on any atom is 0.244 e. The molecule has 1 saturated carbocycles. The number of sulfonamides is 1. The molecule has 0 heterocycles. The van der Waals surface area contributed by atoms with Gasteiger partial charge < -0.3 is 10.2 Å². The monoisotopic (exact) mass is 643 g/mol. The Morgan fingerprint density at radius 2 is 1.60 bits per heavy atom. The molecule has 1 aliphatic rings. The number of nitrogens with zero attached hydrogens (tertiary/aromatic N) is 2. The summed E-state index contributed by atoms with van der Waals surface area (Å²) in [4.78, 5) is 29.8. The molecule has 4 rings (SSSR count). The summed E-state index contributed by atoms with van der Waals surface area (Å²) < 4.78 is 27.5. The lowest BCUT2D eigenvalue weighted by molar-refractivity contribution is -0.140. The van der Waals surface area contributed by atoms with Gasteiger partial charge in [-0.1, -0.05) is 104 Å². The van der Waals surface area contributed by atoms with Gasteiger partial charge in [0.2, 0.25) is 21.8 Å². The lowest BCUT2D eigenvalue weighted by Gasteiger charge is -2.34. The van der Waals surface area contributed by atoms with Crippen LogP contribution in [0.3, 0.4) is 0 Å². The number of para-hydroxylation sites is 1. The second-order valence-corrected chi connectivity index (χ2v) is 14.2. The summed E-state index contributed by atoms with van der Waals surface area (Å²) in [5, 5.41) is 3.96. The van der Waals surface area contributed by atoms with Crippen LogP contribution in [0.1, 0.15) is 62.1 Å². The molecule has 0 aromatic heterocycles. The number of carbonyl (C=O) groups is 2. The number of nitrogens with one attached hydrogen (secondary N) is 1. The summed E-state index contributed by atoms with van der Waals surface area (Å²) >= 11 is 12.7. The molecule has 0 spiro atoms. The van der Waals surface area contributed by atoms with Crippen molar-refractivity contribution in [3.8, 4) is 0 Å². The highest BCUT2D eigenvalue weighted by Crippen LogP contribution is 2.30. The van der Waals surface area contributed by atoms with Crippen molar-refractivity contribution in [2.45, 2.75) is 70.5 Å². The van der Waals surface area contributed by atoms with Crippen LogP contribution in [0.25, 0.3) is 0 Å². The minimum atomic E-state index is -3.87. The Labute approximate surface area is 265 Å². The SMILES string of the molecule is CC(C)c1ccccc1N(CC(=O)N(Cc1ccc(Cl)cc1Cl)C(Cc1ccccc1)C(=O)NC1CCCC1)S(C)(=O)=O. The molecule has 3 aromatic carbocycles. The van der Waals surface area contributed by atoms with Gasteiger partial charge in [0.15, 0.2) is 0 Å². The molecule has 10 heteroatoms. The van der Waals surface area contributed by atoms with Crippen LogP contribution in [0.2, 0.25) is 10.0 Å². The Hall–Kier alpha value is -3.07. The fourth-order valence-electron chi connectivity index (χ4n) is 5.55. The van der Waals surface area contributed by atoms with Gasteiger partial charge in [-0.2, -0.15) is 0 Å². The fraction of sp³-hybridized carbons (Fsp3) is 0.394. The number of rotatable bonds is 12. The van der Waals surface area contributed by atoms with Gasteiger partial charge >= 0.3 is 0 Å². The van der Waals surface area contributed by atoms with Gasteiger partial charge in [0.25, 0.3) is 0 Å². The van der Waals surface area contributed by atoms with Crippen LogP contribution in [-0.2, 0) is 32.6 Å². The standard InChI is InChI=1S/C33H39Cl2N3O4S/c1-23(2)28-15-9-10-16-30(28)38(43(3,41)42)22-32(39)37(21-25-17-18-26(34)20-29(25)35)31(19-24-11-5-4-6-12-24)33(40)36-27-13-7-8-14-27/h4-6,9-12,15-18,20,23,27,31H,7-8,13-14,19,21-22H2,1-3H3,(H,36,40). The molecule has 1 unspecified atom stereocenters. The van der Waals surface area contributed by atoms with Gasteiger partial charge in [-0.3, -0.25) is 13.9 Å². The lowest BCUT2D eigenvalue weighted by Crippen LogP contribution is -2.54. The van der Waals surface area contributed by atoms with E-state index in [9.17, 15) is 18.0 Å². The number of carbonyl (C=O) groups excluding carboxylic acids is 2. The van der Waals surface area contributed by atoms with Crippen molar-refractivity contribution in [1.29, 1.82) is 0 Å². The molecular formula is C33H39Cl2N3O4S. The molecule has 7 nitrogen and oxygen atoms in total. The van der Waals surface area contributed by atoms with E-state index in [4.69, 9.17) is 23.2 Å². The van der Waals surface area contributed by atoms with Crippen molar-refractivity contribution in [2.24, 2.45) is 0 Å². The lowest BCUT2D eigenvalue weighted by atomic mass is 10.0. The minimum Gasteiger partial charge on any atom is -0.352 e. The third kappa shape index (κ3) is 8.74. The molecule has 2 amide bonds. The number of hydrogen-bond donors (Lipinski definition) is 1. The maximum absolute atomic E-state index is 14.4. The second kappa shape index (κ2) is 14.6. The topological polar surface area (TPSA) is 86.8 Å². The Kier molecular flexibility index (Phi) is 11.2. The Balaban J connectivity index is 1.77. The smallest absolute Gasteiger partial charge is 0.244 e. The van der Waals surface area contributed by atoms with Gasteiger partial charge in [-0.15, -0.1) is 0 Å². The van der Waals surface area contributed by atoms with Crippen LogP contribution in [-0.4, -0.2) is 50.0 Å². The molecule has 230 valence electrons. The van der Waals surface area contributed by atoms with E-state index in [0.717, 1.165) is 47.4 Å². The van der Waals surface area contributed by atoms with Crippen LogP contribution in [0.15, 0.2) is 72.8 Å². The van der Waals surface area contributed by atoms with E-state index in [1.807, 2.05) is 56.3 Å². The summed E-state index contributed by atoms with van der Waals surface area (Å²) in [5.41, 5.74) is 2.71. The largest absolute Gasteiger partial charge is 0.352 e. The van der Waals surface area contributed by atoms with Gasteiger partial charge in [-0.25, -0.2) is 8.42 Å². The fourth-order valence-corrected chi connectivity index (χ4v) is 6.89. The number of anilines is 1. The first-order valence-electron chi connectivity index (χ1n) is 14.6. The highest BCUT2D eigenvalue weighted by Gasteiger charge is 2.35. The molecule has 1 atom stereocenters. The molecule has 43 heavy (non-hydrogen) atoms. The van der Waals surface area contributed by atoms with Crippen LogP contribution < -0.4 is 9.62 Å². The first-order valence-corrected chi connectivity index (χ1v) is 17.2. The van der Waals surface area contributed by atoms with Gasteiger partial charge in [0, 0.05) is 29.1 Å². The normalized spacial score (nSPS) is 14.5. The van der Waals surface area contributed by atoms with E-state index in [0.29, 0.717) is 21.3 Å². The summed E-state index contributed by atoms with van der Waals surface area (Å²) in [6, 6.07) is 20.8. The molecule has 1 aliphatic carbocycles. The van der Waals surface area contributed by atoms with Crippen molar-refractivity contribution in [3.05, 3.63) is 99.5 Å². The minimum absolute atomic E-state index is 0.00610. The zero-order valence-corrected chi connectivity index (χ0v) is 27.1. The zero-order chi connectivity index (χ0) is 31.1. The number of amides is 2. The summed E-state index contributed by atoms with van der Waals surface area (Å²) in [6.45, 7) is 3.46. The van der Waals surface area contributed by atoms with E-state index in [-0.39, 0.29) is 30.8 Å². The Bertz CT molecular complexity index is 1530. The van der Waals surface area contributed by atoms with Crippen molar-refractivity contribution >= 4 is 50.7 Å². The van der Waals surface area contributed by atoms with Crippen molar-refractivity contribution in [2.75, 3.05) is 17.1 Å². The molecule has 0 saturated heterocycles. The zero-order valence-electron chi connectivity index (χ0n) is 24.8. The van der Waals surface area contributed by atoms with E-state index >= 15 is 0 Å². The third-order valence-corrected chi connectivity index (χ3v) is 9.55. The van der Waals surface area contributed by atoms with Crippen LogP contribution in [0, 0.1) is 0 Å². The van der Waals surface area contributed by atoms with E-state index < -0.39 is 28.5 Å². The van der Waals surface area contributed by atoms with Gasteiger partial charge in [0.05, 0.1) is 11.9 Å². The third-order valence-electron chi connectivity index (χ3n) is 7.84. The van der Waals surface area contributed by atoms with Gasteiger partial charge in [-0.05, 0) is 53.6 Å². The predicted molar refractivity (Wildman–Crippen MR) is 174 cm³/mol. The van der Waals surface area contributed by atoms with Crippen molar-refractivity contribution in [1.82, 2.24) is 10.2 Å². The molecule has 0 aliphatic heterocycles. The molecule has 1 N–H and O–H groups in total. The Morgan fingerprint density at radius 3 is 2.23 bits per heavy atom. The molecule has 0 radical (unpaired) electrons. The number of hydrogen-bond acceptors (Lipinski definition) is 4. The van der Waals surface area contributed by atoms with Crippen LogP contribution in [0.4, 0.5) is 5.69 Å². The summed E-state index contributed by atoms with van der Waals surface area (Å²) in [7, 11) is -3.87. The van der Waals surface area contributed by atoms with E-state index in [2.05, 4.69) is 5.32 Å².